The van der Waals surface area contributed by atoms with Crippen LogP contribution in [0.2, 0.25) is 5.02 Å². The summed E-state index contributed by atoms with van der Waals surface area (Å²) >= 11 is 5.83. The van der Waals surface area contributed by atoms with Crippen molar-refractivity contribution >= 4 is 11.6 Å². The lowest BCUT2D eigenvalue weighted by Gasteiger charge is -2.40. The van der Waals surface area contributed by atoms with Gasteiger partial charge in [-0.15, -0.1) is 0 Å². The Bertz CT molecular complexity index is 733. The molecule has 0 aliphatic heterocycles. The molecular formula is C16H22ClN3O. The Morgan fingerprint density at radius 3 is 2.48 bits per heavy atom. The Hall–Kier alpha value is -1.39. The quantitative estimate of drug-likeness (QED) is 0.921. The Kier molecular flexibility index (Phi) is 3.29. The van der Waals surface area contributed by atoms with Crippen LogP contribution in [-0.2, 0) is 13.0 Å². The number of hydrogen-bond acceptors (Lipinski definition) is 3. The number of aliphatic hydroxyl groups is 1. The number of benzene rings is 1. The van der Waals surface area contributed by atoms with E-state index in [2.05, 4.69) is 10.1 Å². The van der Waals surface area contributed by atoms with E-state index in [1.807, 2.05) is 20.8 Å². The van der Waals surface area contributed by atoms with Crippen LogP contribution in [0.3, 0.4) is 0 Å². The van der Waals surface area contributed by atoms with Crippen molar-refractivity contribution in [2.75, 3.05) is 0 Å². The minimum absolute atomic E-state index is 0.164. The van der Waals surface area contributed by atoms with Gasteiger partial charge in [-0.1, -0.05) is 44.5 Å². The molecule has 1 atom stereocenters. The maximum atomic E-state index is 11.2. The monoisotopic (exact) mass is 311 g/mol. The second-order valence-corrected chi connectivity index (χ2v) is 6.55. The maximum Gasteiger partial charge on any atom is 0.137 e. The Morgan fingerprint density at radius 2 is 1.95 bits per heavy atom. The van der Waals surface area contributed by atoms with E-state index in [1.165, 1.54) is 12.7 Å². The third-order valence-electron chi connectivity index (χ3n) is 3.72. The van der Waals surface area contributed by atoms with Crippen molar-refractivity contribution in [2.24, 2.45) is 5.41 Å². The molecule has 1 N–H and O–H groups in total. The second kappa shape index (κ2) is 6.16. The molecule has 1 aromatic heterocycles. The first-order valence-electron chi connectivity index (χ1n) is 8.77. The lowest BCUT2D eigenvalue weighted by molar-refractivity contribution is -0.0796. The van der Waals surface area contributed by atoms with Gasteiger partial charge in [-0.3, -0.25) is 4.68 Å². The van der Waals surface area contributed by atoms with E-state index in [0.29, 0.717) is 0 Å². The van der Waals surface area contributed by atoms with E-state index in [0.717, 1.165) is 0 Å². The lowest BCUT2D eigenvalue weighted by atomic mass is 9.73. The van der Waals surface area contributed by atoms with Crippen molar-refractivity contribution < 1.29 is 10.6 Å². The third kappa shape index (κ3) is 4.05. The molecule has 0 amide bonds. The zero-order chi connectivity index (χ0) is 19.0. The average Bonchev–Trinajstić information content (AvgIpc) is 3.02. The smallest absolute Gasteiger partial charge is 0.137 e. The van der Waals surface area contributed by atoms with Crippen molar-refractivity contribution in [3.05, 3.63) is 47.4 Å². The molecule has 114 valence electrons. The number of nitrogens with zero attached hydrogens (tertiary/aromatic N) is 3. The van der Waals surface area contributed by atoms with Gasteiger partial charge in [0, 0.05) is 5.02 Å². The van der Waals surface area contributed by atoms with Crippen LogP contribution in [-0.4, -0.2) is 25.5 Å². The lowest BCUT2D eigenvalue weighted by Crippen LogP contribution is -2.47. The first-order valence-corrected chi connectivity index (χ1v) is 7.15. The minimum Gasteiger partial charge on any atom is -0.387 e. The largest absolute Gasteiger partial charge is 0.387 e. The molecule has 1 heterocycles. The summed E-state index contributed by atoms with van der Waals surface area (Å²) in [4.78, 5) is 3.88. The molecule has 0 aliphatic rings. The van der Waals surface area contributed by atoms with E-state index < -0.39 is 11.0 Å². The predicted octanol–water partition coefficient (Wildman–Crippen LogP) is 3.34. The molecule has 0 spiro atoms. The van der Waals surface area contributed by atoms with E-state index in [9.17, 15) is 5.11 Å². The fourth-order valence-electron chi connectivity index (χ4n) is 2.05. The zero-order valence-electron chi connectivity index (χ0n) is 16.4. The molecule has 1 unspecified atom stereocenters. The van der Waals surface area contributed by atoms with Crippen LogP contribution in [0.5, 0.6) is 0 Å². The summed E-state index contributed by atoms with van der Waals surface area (Å²) in [6.07, 6.45) is 3.35. The normalized spacial score (nSPS) is 17.6. The van der Waals surface area contributed by atoms with Crippen molar-refractivity contribution in [3.63, 3.8) is 0 Å². The molecule has 2 aromatic rings. The molecule has 0 bridgehead atoms. The van der Waals surface area contributed by atoms with Crippen LogP contribution in [0.25, 0.3) is 0 Å². The topological polar surface area (TPSA) is 50.9 Å². The molecule has 2 rings (SSSR count). The Balaban J connectivity index is 2.34. The molecule has 0 aliphatic carbocycles. The molecule has 5 heteroatoms. The molecule has 0 radical (unpaired) electrons. The predicted molar refractivity (Wildman–Crippen MR) is 84.2 cm³/mol. The van der Waals surface area contributed by atoms with E-state index in [4.69, 9.17) is 17.1 Å². The summed E-state index contributed by atoms with van der Waals surface area (Å²) in [5, 5.41) is 15.1. The van der Waals surface area contributed by atoms with Crippen molar-refractivity contribution in [3.8, 4) is 0 Å². The molecular weight excluding hydrogens is 286 g/mol. The summed E-state index contributed by atoms with van der Waals surface area (Å²) in [6.45, 7) is 5.93. The van der Waals surface area contributed by atoms with Crippen LogP contribution in [0.15, 0.2) is 36.8 Å². The highest BCUT2D eigenvalue weighted by atomic mass is 35.5. The van der Waals surface area contributed by atoms with Crippen LogP contribution < -0.4 is 0 Å². The summed E-state index contributed by atoms with van der Waals surface area (Å²) in [5.74, 6) is 0. The van der Waals surface area contributed by atoms with Gasteiger partial charge in [-0.2, -0.15) is 5.10 Å². The van der Waals surface area contributed by atoms with Gasteiger partial charge in [0.1, 0.15) is 12.7 Å². The van der Waals surface area contributed by atoms with Crippen LogP contribution in [0.4, 0.5) is 0 Å². The first-order chi connectivity index (χ1) is 11.5. The number of rotatable bonds is 5. The molecule has 1 aromatic carbocycles. The Labute approximate surface area is 136 Å². The van der Waals surface area contributed by atoms with E-state index in [-0.39, 0.29) is 54.1 Å². The van der Waals surface area contributed by atoms with Crippen molar-refractivity contribution in [2.45, 2.75) is 45.8 Å². The van der Waals surface area contributed by atoms with Gasteiger partial charge in [-0.05, 0) is 35.9 Å². The van der Waals surface area contributed by atoms with Crippen LogP contribution >= 0.6 is 11.6 Å². The van der Waals surface area contributed by atoms with Gasteiger partial charge in [-0.25, -0.2) is 4.98 Å². The summed E-state index contributed by atoms with van der Waals surface area (Å²) < 4.78 is 33.3. The van der Waals surface area contributed by atoms with Crippen molar-refractivity contribution in [1.82, 2.24) is 14.8 Å². The molecule has 0 fully saturated rings. The van der Waals surface area contributed by atoms with Gasteiger partial charge in [0.2, 0.25) is 0 Å². The average molecular weight is 312 g/mol. The second-order valence-electron chi connectivity index (χ2n) is 6.17. The summed E-state index contributed by atoms with van der Waals surface area (Å²) in [6, 6.07) is -0.840. The summed E-state index contributed by atoms with van der Waals surface area (Å²) in [5.41, 5.74) is -1.42. The fourth-order valence-corrected chi connectivity index (χ4v) is 2.15. The minimum atomic E-state index is -1.18. The number of hydrogen-bond donors (Lipinski definition) is 1. The standard InChI is InChI=1S/C16H22ClN3O/c1-15(2,3)16(21,10-20-12-18-11-19-20)9-8-13-4-6-14(17)7-5-13/h4-7,11-12,21H,8-10H2,1-3H3/i4D,5D,6D,7D. The number of aromatic nitrogens is 3. The van der Waals surface area contributed by atoms with Gasteiger partial charge in [0.05, 0.1) is 17.6 Å². The van der Waals surface area contributed by atoms with E-state index >= 15 is 0 Å². The molecule has 0 saturated carbocycles. The molecule has 4 nitrogen and oxygen atoms in total. The summed E-state index contributed by atoms with van der Waals surface area (Å²) in [7, 11) is 0. The molecule has 21 heavy (non-hydrogen) atoms. The van der Waals surface area contributed by atoms with Crippen molar-refractivity contribution in [1.29, 1.82) is 0 Å². The highest BCUT2D eigenvalue weighted by Crippen LogP contribution is 2.35. The van der Waals surface area contributed by atoms with Crippen LogP contribution in [0, 0.1) is 5.41 Å². The van der Waals surface area contributed by atoms with E-state index in [1.54, 1.807) is 4.68 Å². The van der Waals surface area contributed by atoms with Gasteiger partial charge < -0.3 is 5.11 Å². The van der Waals surface area contributed by atoms with Crippen LogP contribution in [0.1, 0.15) is 38.2 Å². The number of halogens is 1. The zero-order valence-corrected chi connectivity index (χ0v) is 13.2. The SMILES string of the molecule is [2H]c1c([2H])c(CCC(O)(Cn2cncn2)C(C)(C)C)c([2H])c([2H])c1Cl. The fraction of sp³-hybridized carbons (Fsp3) is 0.500. The van der Waals surface area contributed by atoms with Gasteiger partial charge >= 0.3 is 0 Å². The van der Waals surface area contributed by atoms with Gasteiger partial charge in [0.15, 0.2) is 0 Å². The Morgan fingerprint density at radius 1 is 1.29 bits per heavy atom. The highest BCUT2D eigenvalue weighted by molar-refractivity contribution is 6.30. The highest BCUT2D eigenvalue weighted by Gasteiger charge is 2.40. The van der Waals surface area contributed by atoms with Gasteiger partial charge in [0.25, 0.3) is 0 Å². The molecule has 0 saturated heterocycles. The maximum absolute atomic E-state index is 11.2. The third-order valence-corrected chi connectivity index (χ3v) is 3.91. The first kappa shape index (κ1) is 11.2.